The predicted octanol–water partition coefficient (Wildman–Crippen LogP) is 2.42. The Balaban J connectivity index is 2.85. The van der Waals surface area contributed by atoms with Gasteiger partial charge in [0.25, 0.3) is 0 Å². The lowest BCUT2D eigenvalue weighted by Crippen LogP contribution is -2.46. The molecule has 0 aliphatic rings. The third-order valence-electron chi connectivity index (χ3n) is 3.15. The average Bonchev–Trinajstić information content (AvgIpc) is 2.23. The number of nitrogens with zero attached hydrogens (tertiary/aromatic N) is 1. The minimum Gasteiger partial charge on any atom is -0.298 e. The molecule has 1 rings (SSSR count). The van der Waals surface area contributed by atoms with Crippen LogP contribution in [0.15, 0.2) is 18.2 Å². The van der Waals surface area contributed by atoms with Crippen LogP contribution in [0.4, 0.5) is 8.78 Å². The van der Waals surface area contributed by atoms with Crippen LogP contribution < -0.4 is 0 Å². The van der Waals surface area contributed by atoms with E-state index in [0.29, 0.717) is 5.56 Å². The quantitative estimate of drug-likeness (QED) is 0.807. The highest BCUT2D eigenvalue weighted by Crippen LogP contribution is 2.16. The second-order valence-corrected chi connectivity index (χ2v) is 4.80. The van der Waals surface area contributed by atoms with Crippen molar-refractivity contribution in [2.75, 3.05) is 14.1 Å². The fraction of sp³-hybridized carbons (Fsp3) is 0.462. The second kappa shape index (κ2) is 4.92. The number of halogens is 2. The molecule has 0 radical (unpaired) electrons. The minimum atomic E-state index is -0.919. The summed E-state index contributed by atoms with van der Waals surface area (Å²) in [5, 5.41) is 0. The SMILES string of the molecule is CN(C)C(C)(C)C(=O)Cc1ccc(F)c(F)c1. The molecule has 0 unspecified atom stereocenters. The molecule has 0 atom stereocenters. The maximum atomic E-state index is 13.0. The summed E-state index contributed by atoms with van der Waals surface area (Å²) in [6, 6.07) is 3.54. The zero-order chi connectivity index (χ0) is 13.2. The van der Waals surface area contributed by atoms with Gasteiger partial charge >= 0.3 is 0 Å². The molecular weight excluding hydrogens is 224 g/mol. The van der Waals surface area contributed by atoms with Crippen molar-refractivity contribution in [2.24, 2.45) is 0 Å². The van der Waals surface area contributed by atoms with Crippen LogP contribution in [0.5, 0.6) is 0 Å². The smallest absolute Gasteiger partial charge is 0.159 e. The summed E-state index contributed by atoms with van der Waals surface area (Å²) < 4.78 is 25.7. The number of benzene rings is 1. The molecule has 0 fully saturated rings. The molecule has 2 nitrogen and oxygen atoms in total. The third kappa shape index (κ3) is 3.09. The van der Waals surface area contributed by atoms with Crippen LogP contribution in [0.3, 0.4) is 0 Å². The summed E-state index contributed by atoms with van der Waals surface area (Å²) in [7, 11) is 3.62. The van der Waals surface area contributed by atoms with Gasteiger partial charge in [-0.3, -0.25) is 9.69 Å². The first-order valence-corrected chi connectivity index (χ1v) is 5.40. The Bertz CT molecular complexity index is 427. The lowest BCUT2D eigenvalue weighted by Gasteiger charge is -2.30. The van der Waals surface area contributed by atoms with Gasteiger partial charge in [0.2, 0.25) is 0 Å². The lowest BCUT2D eigenvalue weighted by molar-refractivity contribution is -0.127. The van der Waals surface area contributed by atoms with Crippen LogP contribution in [-0.2, 0) is 11.2 Å². The van der Waals surface area contributed by atoms with Crippen LogP contribution in [0.1, 0.15) is 19.4 Å². The van der Waals surface area contributed by atoms with Crippen LogP contribution in [0.2, 0.25) is 0 Å². The van der Waals surface area contributed by atoms with Crippen LogP contribution in [-0.4, -0.2) is 30.3 Å². The van der Waals surface area contributed by atoms with Crippen LogP contribution >= 0.6 is 0 Å². The number of carbonyl (C=O) groups is 1. The van der Waals surface area contributed by atoms with E-state index in [2.05, 4.69) is 0 Å². The summed E-state index contributed by atoms with van der Waals surface area (Å²) in [5.74, 6) is -1.85. The Kier molecular flexibility index (Phi) is 3.98. The van der Waals surface area contributed by atoms with Crippen molar-refractivity contribution in [3.05, 3.63) is 35.4 Å². The maximum Gasteiger partial charge on any atom is 0.159 e. The Hall–Kier alpha value is -1.29. The van der Waals surface area contributed by atoms with Crippen LogP contribution in [0.25, 0.3) is 0 Å². The zero-order valence-corrected chi connectivity index (χ0v) is 10.6. The first kappa shape index (κ1) is 13.8. The standard InChI is InChI=1S/C13H17F2NO/c1-13(2,16(3)4)12(17)8-9-5-6-10(14)11(15)7-9/h5-7H,8H2,1-4H3. The number of Topliss-reactive ketones (excluding diaryl/α,β-unsaturated/α-hetero) is 1. The van der Waals surface area contributed by atoms with E-state index in [1.165, 1.54) is 6.07 Å². The van der Waals surface area contributed by atoms with Crippen molar-refractivity contribution >= 4 is 5.78 Å². The number of rotatable bonds is 4. The van der Waals surface area contributed by atoms with Crippen molar-refractivity contribution in [3.63, 3.8) is 0 Å². The highest BCUT2D eigenvalue weighted by atomic mass is 19.2. The number of carbonyl (C=O) groups excluding carboxylic acids is 1. The summed E-state index contributed by atoms with van der Waals surface area (Å²) in [4.78, 5) is 13.8. The summed E-state index contributed by atoms with van der Waals surface area (Å²) >= 11 is 0. The zero-order valence-electron chi connectivity index (χ0n) is 10.6. The highest BCUT2D eigenvalue weighted by molar-refractivity contribution is 5.89. The minimum absolute atomic E-state index is 0.0338. The average molecular weight is 241 g/mol. The van der Waals surface area contributed by atoms with Gasteiger partial charge < -0.3 is 0 Å². The normalized spacial score (nSPS) is 11.9. The monoisotopic (exact) mass is 241 g/mol. The second-order valence-electron chi connectivity index (χ2n) is 4.80. The molecule has 4 heteroatoms. The molecular formula is C13H17F2NO. The molecule has 0 aliphatic heterocycles. The van der Waals surface area contributed by atoms with E-state index < -0.39 is 17.2 Å². The van der Waals surface area contributed by atoms with Gasteiger partial charge in [-0.05, 0) is 45.6 Å². The molecule has 0 heterocycles. The fourth-order valence-electron chi connectivity index (χ4n) is 1.30. The van der Waals surface area contributed by atoms with Crippen molar-refractivity contribution < 1.29 is 13.6 Å². The summed E-state index contributed by atoms with van der Waals surface area (Å²) in [6.45, 7) is 3.60. The maximum absolute atomic E-state index is 13.0. The molecule has 17 heavy (non-hydrogen) atoms. The van der Waals surface area contributed by atoms with E-state index in [1.54, 1.807) is 18.7 Å². The van der Waals surface area contributed by atoms with Gasteiger partial charge in [0.15, 0.2) is 17.4 Å². The van der Waals surface area contributed by atoms with Gasteiger partial charge in [0.05, 0.1) is 5.54 Å². The Labute approximate surface area is 100 Å². The van der Waals surface area contributed by atoms with E-state index in [1.807, 2.05) is 14.1 Å². The van der Waals surface area contributed by atoms with Crippen molar-refractivity contribution in [3.8, 4) is 0 Å². The molecule has 0 spiro atoms. The molecule has 0 bridgehead atoms. The van der Waals surface area contributed by atoms with Gasteiger partial charge in [0.1, 0.15) is 0 Å². The third-order valence-corrected chi connectivity index (χ3v) is 3.15. The fourth-order valence-corrected chi connectivity index (χ4v) is 1.30. The van der Waals surface area contributed by atoms with Gasteiger partial charge in [0, 0.05) is 6.42 Å². The predicted molar refractivity (Wildman–Crippen MR) is 62.8 cm³/mol. The molecule has 0 amide bonds. The number of ketones is 1. The van der Waals surface area contributed by atoms with Gasteiger partial charge in [-0.1, -0.05) is 6.07 Å². The van der Waals surface area contributed by atoms with E-state index in [-0.39, 0.29) is 12.2 Å². The molecule has 94 valence electrons. The topological polar surface area (TPSA) is 20.3 Å². The molecule has 1 aromatic carbocycles. The summed E-state index contributed by atoms with van der Waals surface area (Å²) in [5.41, 5.74) is -0.131. The Morgan fingerprint density at radius 2 is 1.82 bits per heavy atom. The largest absolute Gasteiger partial charge is 0.298 e. The van der Waals surface area contributed by atoms with Crippen molar-refractivity contribution in [2.45, 2.75) is 25.8 Å². The van der Waals surface area contributed by atoms with Gasteiger partial charge in [-0.15, -0.1) is 0 Å². The van der Waals surface area contributed by atoms with Crippen molar-refractivity contribution in [1.82, 2.24) is 4.90 Å². The molecule has 0 saturated carbocycles. The van der Waals surface area contributed by atoms with E-state index in [4.69, 9.17) is 0 Å². The number of hydrogen-bond acceptors (Lipinski definition) is 2. The van der Waals surface area contributed by atoms with E-state index in [9.17, 15) is 13.6 Å². The number of hydrogen-bond donors (Lipinski definition) is 0. The first-order valence-electron chi connectivity index (χ1n) is 5.40. The molecule has 1 aromatic rings. The van der Waals surface area contributed by atoms with Crippen LogP contribution in [0, 0.1) is 11.6 Å². The molecule has 0 saturated heterocycles. The Morgan fingerprint density at radius 1 is 1.24 bits per heavy atom. The van der Waals surface area contributed by atoms with E-state index >= 15 is 0 Å². The highest BCUT2D eigenvalue weighted by Gasteiger charge is 2.29. The number of likely N-dealkylation sites (N-methyl/N-ethyl adjacent to an activating group) is 1. The summed E-state index contributed by atoms with van der Waals surface area (Å²) in [6.07, 6.45) is 0.0996. The Morgan fingerprint density at radius 3 is 2.29 bits per heavy atom. The molecule has 0 N–H and O–H groups in total. The molecule has 0 aromatic heterocycles. The molecule has 0 aliphatic carbocycles. The van der Waals surface area contributed by atoms with Crippen molar-refractivity contribution in [1.29, 1.82) is 0 Å². The lowest BCUT2D eigenvalue weighted by atomic mass is 9.92. The van der Waals surface area contributed by atoms with Gasteiger partial charge in [-0.2, -0.15) is 0 Å². The van der Waals surface area contributed by atoms with E-state index in [0.717, 1.165) is 12.1 Å². The van der Waals surface area contributed by atoms with Gasteiger partial charge in [-0.25, -0.2) is 8.78 Å². The first-order chi connectivity index (χ1) is 7.75.